The Morgan fingerprint density at radius 2 is 2.06 bits per heavy atom. The van der Waals surface area contributed by atoms with Crippen LogP contribution in [0.3, 0.4) is 0 Å². The Balaban J connectivity index is 0.000000209. The largest absolute Gasteiger partial charge is 0.466 e. The van der Waals surface area contributed by atoms with Gasteiger partial charge in [0.15, 0.2) is 0 Å². The maximum atomic E-state index is 9.84. The van der Waals surface area contributed by atoms with Gasteiger partial charge < -0.3 is 9.84 Å². The summed E-state index contributed by atoms with van der Waals surface area (Å²) in [4.78, 5) is 9.84. The van der Waals surface area contributed by atoms with Gasteiger partial charge in [-0.05, 0) is 36.0 Å². The number of fused-ring (bicyclic) bond motifs is 2. The smallest absolute Gasteiger partial charge is 0.329 e. The Morgan fingerprint density at radius 3 is 2.18 bits per heavy atom. The van der Waals surface area contributed by atoms with Crippen molar-refractivity contribution in [3.63, 3.8) is 0 Å². The van der Waals surface area contributed by atoms with Crippen LogP contribution in [0.1, 0.15) is 40.0 Å². The summed E-state index contributed by atoms with van der Waals surface area (Å²) in [5, 5.41) is 9.81. The number of aliphatic hydroxyl groups is 1. The molecule has 0 aromatic rings. The van der Waals surface area contributed by atoms with Crippen molar-refractivity contribution in [2.24, 2.45) is 16.7 Å². The molecule has 0 aliphatic heterocycles. The number of hydrogen-bond acceptors (Lipinski definition) is 3. The highest BCUT2D eigenvalue weighted by molar-refractivity contribution is 5.80. The molecule has 0 radical (unpaired) electrons. The highest BCUT2D eigenvalue weighted by atomic mass is 16.5. The fourth-order valence-corrected chi connectivity index (χ4v) is 3.24. The Morgan fingerprint density at radius 1 is 1.47 bits per heavy atom. The number of hydrogen-bond donors (Lipinski definition) is 1. The van der Waals surface area contributed by atoms with Crippen molar-refractivity contribution in [2.75, 3.05) is 7.11 Å². The fraction of sp³-hybridized carbons (Fsp3) is 0.786. The van der Waals surface area contributed by atoms with Gasteiger partial charge in [0.25, 0.3) is 0 Å². The summed E-state index contributed by atoms with van der Waals surface area (Å²) < 4.78 is 4.14. The predicted octanol–water partition coefficient (Wildman–Crippen LogP) is 2.54. The van der Waals surface area contributed by atoms with E-state index in [9.17, 15) is 9.90 Å². The van der Waals surface area contributed by atoms with E-state index in [2.05, 4.69) is 32.1 Å². The highest BCUT2D eigenvalue weighted by Gasteiger charge is 2.60. The summed E-state index contributed by atoms with van der Waals surface area (Å²) in [6.45, 7) is 10.1. The molecular weight excluding hydrogens is 216 g/mol. The summed E-state index contributed by atoms with van der Waals surface area (Å²) >= 11 is 0. The molecule has 0 saturated heterocycles. The van der Waals surface area contributed by atoms with Crippen LogP contribution in [0.4, 0.5) is 0 Å². The monoisotopic (exact) mass is 240 g/mol. The Kier molecular flexibility index (Phi) is 4.03. The van der Waals surface area contributed by atoms with Gasteiger partial charge in [-0.1, -0.05) is 27.4 Å². The van der Waals surface area contributed by atoms with Gasteiger partial charge in [-0.2, -0.15) is 0 Å². The number of ether oxygens (including phenoxy) is 1. The first-order chi connectivity index (χ1) is 7.79. The third-order valence-corrected chi connectivity index (χ3v) is 5.12. The second-order valence-corrected chi connectivity index (χ2v) is 5.85. The minimum atomic E-state index is -0.394. The number of carbonyl (C=O) groups is 1. The van der Waals surface area contributed by atoms with Crippen molar-refractivity contribution in [3.8, 4) is 0 Å². The van der Waals surface area contributed by atoms with Crippen LogP contribution in [0.2, 0.25) is 0 Å². The van der Waals surface area contributed by atoms with Gasteiger partial charge in [0.05, 0.1) is 13.2 Å². The second kappa shape index (κ2) is 4.81. The first-order valence-electron chi connectivity index (χ1n) is 6.18. The van der Waals surface area contributed by atoms with Crippen molar-refractivity contribution in [1.29, 1.82) is 0 Å². The normalized spacial score (nSPS) is 37.0. The van der Waals surface area contributed by atoms with Crippen LogP contribution in [0.15, 0.2) is 12.7 Å². The predicted molar refractivity (Wildman–Crippen MR) is 67.4 cm³/mol. The molecule has 17 heavy (non-hydrogen) atoms. The second-order valence-electron chi connectivity index (χ2n) is 5.85. The van der Waals surface area contributed by atoms with Crippen LogP contribution in [0.5, 0.6) is 0 Å². The number of esters is 1. The van der Waals surface area contributed by atoms with Gasteiger partial charge in [-0.25, -0.2) is 4.79 Å². The van der Waals surface area contributed by atoms with Crippen LogP contribution in [-0.4, -0.2) is 24.3 Å². The molecular formula is C14H24O3. The summed E-state index contributed by atoms with van der Waals surface area (Å²) in [5.41, 5.74) is 0.601. The zero-order chi connectivity index (χ0) is 13.3. The first kappa shape index (κ1) is 14.2. The molecule has 0 spiro atoms. The Hall–Kier alpha value is -0.830. The van der Waals surface area contributed by atoms with Gasteiger partial charge in [-0.3, -0.25) is 0 Å². The van der Waals surface area contributed by atoms with E-state index >= 15 is 0 Å². The van der Waals surface area contributed by atoms with Crippen LogP contribution >= 0.6 is 0 Å². The number of methoxy groups -OCH3 is 1. The molecule has 3 heteroatoms. The van der Waals surface area contributed by atoms with E-state index in [0.29, 0.717) is 5.41 Å². The van der Waals surface area contributed by atoms with Gasteiger partial charge in [0.2, 0.25) is 0 Å². The number of rotatable bonds is 1. The SMILES string of the molecule is C=CC(=O)OC.CC1(C)[C@@H]2CC[C@]1(C)[C@@H](O)C2. The molecule has 0 unspecified atom stereocenters. The molecule has 0 amide bonds. The lowest BCUT2D eigenvalue weighted by Gasteiger charge is -2.36. The van der Waals surface area contributed by atoms with E-state index in [1.165, 1.54) is 20.0 Å². The van der Waals surface area contributed by atoms with Crippen LogP contribution in [-0.2, 0) is 9.53 Å². The molecule has 0 heterocycles. The fourth-order valence-electron chi connectivity index (χ4n) is 3.24. The molecule has 2 bridgehead atoms. The lowest BCUT2D eigenvalue weighted by molar-refractivity contribution is -0.134. The zero-order valence-corrected chi connectivity index (χ0v) is 11.3. The summed E-state index contributed by atoms with van der Waals surface area (Å²) in [6, 6.07) is 0. The molecule has 3 nitrogen and oxygen atoms in total. The standard InChI is InChI=1S/C10H18O.C4H6O2/c1-9(2)7-4-5-10(9,3)8(11)6-7;1-3-4(5)6-2/h7-8,11H,4-6H2,1-3H3;3H,1H2,2H3/t7-,8+,10-;/m1./s1. The van der Waals surface area contributed by atoms with Crippen molar-refractivity contribution < 1.29 is 14.6 Å². The van der Waals surface area contributed by atoms with Crippen LogP contribution in [0.25, 0.3) is 0 Å². The van der Waals surface area contributed by atoms with E-state index in [1.807, 2.05) is 0 Å². The van der Waals surface area contributed by atoms with E-state index < -0.39 is 5.97 Å². The zero-order valence-electron chi connectivity index (χ0n) is 11.3. The van der Waals surface area contributed by atoms with Crippen molar-refractivity contribution in [1.82, 2.24) is 0 Å². The van der Waals surface area contributed by atoms with Gasteiger partial charge >= 0.3 is 5.97 Å². The van der Waals surface area contributed by atoms with Crippen LogP contribution in [0, 0.1) is 16.7 Å². The minimum Gasteiger partial charge on any atom is -0.466 e. The molecule has 2 aliphatic carbocycles. The number of carbonyl (C=O) groups excluding carboxylic acids is 1. The van der Waals surface area contributed by atoms with Gasteiger partial charge in [0, 0.05) is 6.08 Å². The maximum Gasteiger partial charge on any atom is 0.329 e. The van der Waals surface area contributed by atoms with Crippen molar-refractivity contribution in [3.05, 3.63) is 12.7 Å². The Labute approximate surface area is 104 Å². The lowest BCUT2D eigenvalue weighted by Crippen LogP contribution is -2.35. The van der Waals surface area contributed by atoms with Crippen molar-refractivity contribution in [2.45, 2.75) is 46.1 Å². The molecule has 1 N–H and O–H groups in total. The molecule has 2 aliphatic rings. The number of aliphatic hydroxyl groups excluding tert-OH is 1. The van der Waals surface area contributed by atoms with E-state index in [4.69, 9.17) is 0 Å². The highest BCUT2D eigenvalue weighted by Crippen LogP contribution is 2.65. The molecule has 2 rings (SSSR count). The molecule has 0 aromatic heterocycles. The Bertz CT molecular complexity index is 309. The average Bonchev–Trinajstić information content (AvgIpc) is 2.61. The molecule has 2 fully saturated rings. The minimum absolute atomic E-state index is 0.0313. The van der Waals surface area contributed by atoms with Gasteiger partial charge in [-0.15, -0.1) is 0 Å². The van der Waals surface area contributed by atoms with Gasteiger partial charge in [0.1, 0.15) is 0 Å². The third-order valence-electron chi connectivity index (χ3n) is 5.12. The molecule has 98 valence electrons. The molecule has 0 aromatic carbocycles. The quantitative estimate of drug-likeness (QED) is 0.566. The maximum absolute atomic E-state index is 9.84. The summed E-state index contributed by atoms with van der Waals surface area (Å²) in [6.07, 6.45) is 4.69. The summed E-state index contributed by atoms with van der Waals surface area (Å²) in [7, 11) is 1.31. The summed E-state index contributed by atoms with van der Waals surface area (Å²) in [5.74, 6) is 0.387. The van der Waals surface area contributed by atoms with E-state index in [1.54, 1.807) is 0 Å². The third kappa shape index (κ3) is 2.25. The van der Waals surface area contributed by atoms with E-state index in [-0.39, 0.29) is 11.5 Å². The van der Waals surface area contributed by atoms with E-state index in [0.717, 1.165) is 18.4 Å². The average molecular weight is 240 g/mol. The van der Waals surface area contributed by atoms with Crippen molar-refractivity contribution >= 4 is 5.97 Å². The van der Waals surface area contributed by atoms with Crippen LogP contribution < -0.4 is 0 Å². The first-order valence-corrected chi connectivity index (χ1v) is 6.18. The lowest BCUT2D eigenvalue weighted by atomic mass is 9.70. The molecule has 3 atom stereocenters. The topological polar surface area (TPSA) is 46.5 Å². The molecule has 2 saturated carbocycles.